The zero-order chi connectivity index (χ0) is 13.0. The van der Waals surface area contributed by atoms with Crippen LogP contribution in [0.25, 0.3) is 0 Å². The fourth-order valence-corrected chi connectivity index (χ4v) is 2.75. The van der Waals surface area contributed by atoms with Crippen LogP contribution in [0.3, 0.4) is 0 Å². The van der Waals surface area contributed by atoms with Crippen molar-refractivity contribution in [1.82, 2.24) is 0 Å². The molecule has 2 aromatic rings. The van der Waals surface area contributed by atoms with Gasteiger partial charge in [0.25, 0.3) is 0 Å². The monoisotopic (exact) mass is 259 g/mol. The van der Waals surface area contributed by atoms with E-state index in [0.717, 1.165) is 5.56 Å². The topological polar surface area (TPSA) is 46.2 Å². The van der Waals surface area contributed by atoms with Crippen molar-refractivity contribution in [3.8, 4) is 0 Å². The van der Waals surface area contributed by atoms with E-state index in [-0.39, 0.29) is 0 Å². The third-order valence-electron chi connectivity index (χ3n) is 2.79. The number of aliphatic hydroxyl groups is 1. The summed E-state index contributed by atoms with van der Waals surface area (Å²) in [5.41, 5.74) is 8.51. The average Bonchev–Trinajstić information content (AvgIpc) is 2.37. The van der Waals surface area contributed by atoms with E-state index in [1.807, 2.05) is 36.4 Å². The third kappa shape index (κ3) is 3.28. The lowest BCUT2D eigenvalue weighted by molar-refractivity contribution is 0.204. The molecule has 0 aliphatic carbocycles. The quantitative estimate of drug-likeness (QED) is 0.653. The summed E-state index contributed by atoms with van der Waals surface area (Å²) < 4.78 is 0. The molecule has 0 aliphatic heterocycles. The van der Waals surface area contributed by atoms with Crippen molar-refractivity contribution in [2.75, 3.05) is 11.5 Å². The molecule has 2 rings (SSSR count). The maximum atomic E-state index is 10.1. The van der Waals surface area contributed by atoms with Crippen LogP contribution in [0.1, 0.15) is 17.2 Å². The predicted molar refractivity (Wildman–Crippen MR) is 77.7 cm³/mol. The number of aryl methyl sites for hydroxylation is 1. The van der Waals surface area contributed by atoms with Gasteiger partial charge in [0.05, 0.1) is 6.10 Å². The summed E-state index contributed by atoms with van der Waals surface area (Å²) in [6.07, 6.45) is -0.488. The van der Waals surface area contributed by atoms with Crippen LogP contribution in [-0.4, -0.2) is 10.9 Å². The average molecular weight is 259 g/mol. The number of anilines is 1. The van der Waals surface area contributed by atoms with Crippen LogP contribution in [-0.2, 0) is 0 Å². The zero-order valence-electron chi connectivity index (χ0n) is 10.3. The molecule has 2 aromatic carbocycles. The molecule has 18 heavy (non-hydrogen) atoms. The molecule has 0 amide bonds. The van der Waals surface area contributed by atoms with Crippen molar-refractivity contribution in [2.45, 2.75) is 17.9 Å². The standard InChI is InChI=1S/C15H17NOS/c1-11-5-2-3-8-15(11)18-10-14(17)12-6-4-7-13(16)9-12/h2-9,14,17H,10,16H2,1H3. The van der Waals surface area contributed by atoms with Crippen LogP contribution in [0, 0.1) is 6.92 Å². The second-order valence-corrected chi connectivity index (χ2v) is 5.32. The Morgan fingerprint density at radius 2 is 1.94 bits per heavy atom. The lowest BCUT2D eigenvalue weighted by Crippen LogP contribution is -2.01. The Kier molecular flexibility index (Phi) is 4.28. The van der Waals surface area contributed by atoms with Crippen LogP contribution in [0.15, 0.2) is 53.4 Å². The summed E-state index contributed by atoms with van der Waals surface area (Å²) in [7, 11) is 0. The Hall–Kier alpha value is -1.45. The van der Waals surface area contributed by atoms with E-state index in [1.165, 1.54) is 10.5 Å². The van der Waals surface area contributed by atoms with Gasteiger partial charge in [0.15, 0.2) is 0 Å². The molecule has 0 bridgehead atoms. The fraction of sp³-hybridized carbons (Fsp3) is 0.200. The van der Waals surface area contributed by atoms with Crippen molar-refractivity contribution in [3.63, 3.8) is 0 Å². The van der Waals surface area contributed by atoms with Gasteiger partial charge in [-0.05, 0) is 36.2 Å². The molecular formula is C15H17NOS. The number of aliphatic hydroxyl groups excluding tert-OH is 1. The molecular weight excluding hydrogens is 242 g/mol. The Morgan fingerprint density at radius 3 is 2.67 bits per heavy atom. The highest BCUT2D eigenvalue weighted by Crippen LogP contribution is 2.27. The number of thioether (sulfide) groups is 1. The maximum Gasteiger partial charge on any atom is 0.0884 e. The van der Waals surface area contributed by atoms with Gasteiger partial charge in [-0.25, -0.2) is 0 Å². The Bertz CT molecular complexity index is 527. The summed E-state index contributed by atoms with van der Waals surface area (Å²) in [5, 5.41) is 10.1. The molecule has 0 spiro atoms. The molecule has 0 heterocycles. The van der Waals surface area contributed by atoms with Gasteiger partial charge < -0.3 is 10.8 Å². The van der Waals surface area contributed by atoms with Gasteiger partial charge in [-0.3, -0.25) is 0 Å². The number of benzene rings is 2. The normalized spacial score (nSPS) is 12.3. The van der Waals surface area contributed by atoms with E-state index >= 15 is 0 Å². The third-order valence-corrected chi connectivity index (χ3v) is 4.04. The molecule has 0 fully saturated rings. The first-order valence-corrected chi connectivity index (χ1v) is 6.87. The van der Waals surface area contributed by atoms with Crippen molar-refractivity contribution < 1.29 is 5.11 Å². The Balaban J connectivity index is 2.00. The second kappa shape index (κ2) is 5.94. The van der Waals surface area contributed by atoms with E-state index < -0.39 is 6.10 Å². The highest BCUT2D eigenvalue weighted by molar-refractivity contribution is 7.99. The summed E-state index contributed by atoms with van der Waals surface area (Å²) in [6, 6.07) is 15.6. The van der Waals surface area contributed by atoms with Gasteiger partial charge in [0.1, 0.15) is 0 Å². The molecule has 0 saturated carbocycles. The highest BCUT2D eigenvalue weighted by atomic mass is 32.2. The molecule has 2 nitrogen and oxygen atoms in total. The first-order chi connectivity index (χ1) is 8.66. The molecule has 0 saturated heterocycles. The smallest absolute Gasteiger partial charge is 0.0884 e. The van der Waals surface area contributed by atoms with E-state index in [1.54, 1.807) is 11.8 Å². The lowest BCUT2D eigenvalue weighted by atomic mass is 10.1. The SMILES string of the molecule is Cc1ccccc1SCC(O)c1cccc(N)c1. The lowest BCUT2D eigenvalue weighted by Gasteiger charge is -2.12. The van der Waals surface area contributed by atoms with Gasteiger partial charge in [-0.15, -0.1) is 11.8 Å². The summed E-state index contributed by atoms with van der Waals surface area (Å²) in [4.78, 5) is 1.21. The van der Waals surface area contributed by atoms with Crippen molar-refractivity contribution in [1.29, 1.82) is 0 Å². The minimum absolute atomic E-state index is 0.488. The Morgan fingerprint density at radius 1 is 1.17 bits per heavy atom. The number of hydrogen-bond acceptors (Lipinski definition) is 3. The number of hydrogen-bond donors (Lipinski definition) is 2. The highest BCUT2D eigenvalue weighted by Gasteiger charge is 2.09. The van der Waals surface area contributed by atoms with Crippen molar-refractivity contribution in [2.24, 2.45) is 0 Å². The van der Waals surface area contributed by atoms with E-state index in [4.69, 9.17) is 5.73 Å². The molecule has 0 aliphatic rings. The molecule has 94 valence electrons. The van der Waals surface area contributed by atoms with Crippen LogP contribution < -0.4 is 5.73 Å². The van der Waals surface area contributed by atoms with Crippen LogP contribution in [0.4, 0.5) is 5.69 Å². The first kappa shape index (κ1) is 13.0. The van der Waals surface area contributed by atoms with Crippen molar-refractivity contribution >= 4 is 17.4 Å². The fourth-order valence-electron chi connectivity index (χ4n) is 1.75. The second-order valence-electron chi connectivity index (χ2n) is 4.26. The van der Waals surface area contributed by atoms with E-state index in [2.05, 4.69) is 19.1 Å². The molecule has 0 aromatic heterocycles. The van der Waals surface area contributed by atoms with Crippen LogP contribution in [0.2, 0.25) is 0 Å². The molecule has 1 unspecified atom stereocenters. The molecule has 0 radical (unpaired) electrons. The largest absolute Gasteiger partial charge is 0.399 e. The molecule has 3 N–H and O–H groups in total. The van der Waals surface area contributed by atoms with Crippen LogP contribution >= 0.6 is 11.8 Å². The van der Waals surface area contributed by atoms with Gasteiger partial charge in [-0.2, -0.15) is 0 Å². The predicted octanol–water partition coefficient (Wildman–Crippen LogP) is 3.40. The maximum absolute atomic E-state index is 10.1. The first-order valence-electron chi connectivity index (χ1n) is 5.89. The van der Waals surface area contributed by atoms with Gasteiger partial charge in [-0.1, -0.05) is 30.3 Å². The van der Waals surface area contributed by atoms with Gasteiger partial charge >= 0.3 is 0 Å². The summed E-state index contributed by atoms with van der Waals surface area (Å²) >= 11 is 1.67. The Labute approximate surface area is 112 Å². The summed E-state index contributed by atoms with van der Waals surface area (Å²) in [5.74, 6) is 0.633. The van der Waals surface area contributed by atoms with E-state index in [9.17, 15) is 5.11 Å². The molecule has 1 atom stereocenters. The number of rotatable bonds is 4. The van der Waals surface area contributed by atoms with Gasteiger partial charge in [0, 0.05) is 16.3 Å². The van der Waals surface area contributed by atoms with Crippen molar-refractivity contribution in [3.05, 3.63) is 59.7 Å². The van der Waals surface area contributed by atoms with Crippen LogP contribution in [0.5, 0.6) is 0 Å². The zero-order valence-corrected chi connectivity index (χ0v) is 11.2. The van der Waals surface area contributed by atoms with Gasteiger partial charge in [0.2, 0.25) is 0 Å². The van der Waals surface area contributed by atoms with E-state index in [0.29, 0.717) is 11.4 Å². The number of nitrogens with two attached hydrogens (primary N) is 1. The minimum Gasteiger partial charge on any atom is -0.399 e. The summed E-state index contributed by atoms with van der Waals surface area (Å²) in [6.45, 7) is 2.08. The number of nitrogen functional groups attached to an aromatic ring is 1. The minimum atomic E-state index is -0.488. The molecule has 3 heteroatoms.